The fourth-order valence-electron chi connectivity index (χ4n) is 4.34. The Morgan fingerprint density at radius 1 is 1.24 bits per heavy atom. The van der Waals surface area contributed by atoms with E-state index in [1.54, 1.807) is 9.40 Å². The molecule has 1 fully saturated rings. The number of benzene rings is 1. The first kappa shape index (κ1) is 30.1. The molecule has 3 rings (SSSR count). The molecule has 0 spiro atoms. The smallest absolute Gasteiger partial charge is 0.362 e. The first-order valence-corrected chi connectivity index (χ1v) is 14.3. The van der Waals surface area contributed by atoms with Gasteiger partial charge in [0.2, 0.25) is 0 Å². The second-order valence-electron chi connectivity index (χ2n) is 10.2. The molecular formula is C25H39N5O7S. The van der Waals surface area contributed by atoms with Gasteiger partial charge in [-0.3, -0.25) is 13.7 Å². The molecule has 1 saturated heterocycles. The van der Waals surface area contributed by atoms with Gasteiger partial charge in [-0.25, -0.2) is 4.72 Å². The standard InChI is InChI=1S/C25H39N5O7S/c1-17(2)13-21(26)25(33)28-38(34,35)37-16-22-24(32)23(31)19(15-36-22)9-6-12-30-14-20(27-29-30)11-10-18-7-4-3-5-8-18/h3-5,7-8,14,17,19,21-24,31-32H,6,9-13,15-16,26H2,1-2H3,(H,28,33)/t19-,21+,22-,23+,24-/m1/s1. The van der Waals surface area contributed by atoms with Crippen molar-refractivity contribution in [1.82, 2.24) is 19.7 Å². The lowest BCUT2D eigenvalue weighted by molar-refractivity contribution is -0.173. The molecule has 2 heterocycles. The maximum Gasteiger partial charge on any atom is 0.362 e. The van der Waals surface area contributed by atoms with Crippen molar-refractivity contribution in [2.24, 2.45) is 17.6 Å². The van der Waals surface area contributed by atoms with Crippen LogP contribution in [-0.2, 0) is 43.4 Å². The van der Waals surface area contributed by atoms with E-state index in [-0.39, 0.29) is 18.4 Å². The Balaban J connectivity index is 1.38. The number of ether oxygens (including phenoxy) is 1. The molecular weight excluding hydrogens is 514 g/mol. The number of aryl methyl sites for hydroxylation is 3. The molecule has 12 nitrogen and oxygen atoms in total. The van der Waals surface area contributed by atoms with E-state index in [0.717, 1.165) is 18.5 Å². The number of aliphatic hydroxyl groups is 2. The fourth-order valence-corrected chi connectivity index (χ4v) is 5.11. The molecule has 0 radical (unpaired) electrons. The van der Waals surface area contributed by atoms with E-state index < -0.39 is 47.2 Å². The number of aliphatic hydroxyl groups excluding tert-OH is 2. The quantitative estimate of drug-likeness (QED) is 0.255. The van der Waals surface area contributed by atoms with Crippen molar-refractivity contribution in [3.63, 3.8) is 0 Å². The Labute approximate surface area is 223 Å². The van der Waals surface area contributed by atoms with Gasteiger partial charge < -0.3 is 20.7 Å². The van der Waals surface area contributed by atoms with Crippen LogP contribution in [0.15, 0.2) is 36.5 Å². The van der Waals surface area contributed by atoms with Gasteiger partial charge in [0.05, 0.1) is 31.1 Å². The molecule has 1 aromatic carbocycles. The molecule has 13 heteroatoms. The molecule has 0 aliphatic carbocycles. The predicted octanol–water partition coefficient (Wildman–Crippen LogP) is 0.331. The monoisotopic (exact) mass is 553 g/mol. The van der Waals surface area contributed by atoms with Gasteiger partial charge in [-0.2, -0.15) is 8.42 Å². The summed E-state index contributed by atoms with van der Waals surface area (Å²) in [5.41, 5.74) is 7.84. The zero-order chi connectivity index (χ0) is 27.7. The molecule has 0 bridgehead atoms. The highest BCUT2D eigenvalue weighted by molar-refractivity contribution is 7.85. The zero-order valence-electron chi connectivity index (χ0n) is 21.8. The molecule has 1 aromatic heterocycles. The summed E-state index contributed by atoms with van der Waals surface area (Å²) in [6, 6.07) is 9.17. The Kier molecular flexibility index (Phi) is 11.2. The summed E-state index contributed by atoms with van der Waals surface area (Å²) in [4.78, 5) is 12.0. The average molecular weight is 554 g/mol. The fraction of sp³-hybridized carbons (Fsp3) is 0.640. The highest BCUT2D eigenvalue weighted by atomic mass is 32.2. The summed E-state index contributed by atoms with van der Waals surface area (Å²) in [5.74, 6) is -1.11. The van der Waals surface area contributed by atoms with E-state index in [4.69, 9.17) is 14.7 Å². The van der Waals surface area contributed by atoms with Gasteiger partial charge in [0.25, 0.3) is 5.91 Å². The van der Waals surface area contributed by atoms with Gasteiger partial charge in [-0.05, 0) is 43.6 Å². The maximum absolute atomic E-state index is 12.1. The lowest BCUT2D eigenvalue weighted by Crippen LogP contribution is -2.52. The second-order valence-corrected chi connectivity index (χ2v) is 11.5. The second kappa shape index (κ2) is 14.1. The molecule has 5 atom stereocenters. The van der Waals surface area contributed by atoms with Crippen molar-refractivity contribution < 1.29 is 32.3 Å². The molecule has 0 unspecified atom stereocenters. The van der Waals surface area contributed by atoms with Crippen molar-refractivity contribution in [1.29, 1.82) is 0 Å². The SMILES string of the molecule is CC(C)C[C@H](N)C(=O)NS(=O)(=O)OC[C@H]1OC[C@@H](CCCn2cc(CCc3ccccc3)nn2)[C@H](O)[C@@H]1O. The third-order valence-corrected chi connectivity index (χ3v) is 7.37. The van der Waals surface area contributed by atoms with E-state index in [2.05, 4.69) is 22.4 Å². The molecule has 1 amide bonds. The number of hydrogen-bond acceptors (Lipinski definition) is 10. The predicted molar refractivity (Wildman–Crippen MR) is 139 cm³/mol. The number of aromatic nitrogens is 3. The molecule has 2 aromatic rings. The molecule has 1 aliphatic rings. The van der Waals surface area contributed by atoms with Crippen molar-refractivity contribution in [3.05, 3.63) is 47.8 Å². The number of nitrogens with zero attached hydrogens (tertiary/aromatic N) is 3. The Hall–Kier alpha value is -2.42. The van der Waals surface area contributed by atoms with Crippen molar-refractivity contribution in [2.45, 2.75) is 76.9 Å². The summed E-state index contributed by atoms with van der Waals surface area (Å²) < 4.78 is 38.1. The number of nitrogens with two attached hydrogens (primary N) is 1. The van der Waals surface area contributed by atoms with E-state index >= 15 is 0 Å². The van der Waals surface area contributed by atoms with E-state index in [1.807, 2.05) is 38.2 Å². The van der Waals surface area contributed by atoms with Crippen LogP contribution in [0.25, 0.3) is 0 Å². The first-order valence-electron chi connectivity index (χ1n) is 12.9. The number of carbonyl (C=O) groups excluding carboxylic acids is 1. The maximum atomic E-state index is 12.1. The molecule has 5 N–H and O–H groups in total. The topological polar surface area (TPSA) is 179 Å². The van der Waals surface area contributed by atoms with Crippen LogP contribution in [0.5, 0.6) is 0 Å². The molecule has 38 heavy (non-hydrogen) atoms. The van der Waals surface area contributed by atoms with E-state index in [9.17, 15) is 23.4 Å². The van der Waals surface area contributed by atoms with Crippen LogP contribution in [0, 0.1) is 11.8 Å². The van der Waals surface area contributed by atoms with Gasteiger partial charge in [0.1, 0.15) is 12.2 Å². The minimum Gasteiger partial charge on any atom is -0.390 e. The lowest BCUT2D eigenvalue weighted by atomic mass is 9.89. The van der Waals surface area contributed by atoms with Crippen molar-refractivity contribution >= 4 is 16.2 Å². The van der Waals surface area contributed by atoms with Crippen LogP contribution in [0.4, 0.5) is 0 Å². The summed E-state index contributed by atoms with van der Waals surface area (Å²) in [5, 5.41) is 29.4. The van der Waals surface area contributed by atoms with Crippen LogP contribution in [0.2, 0.25) is 0 Å². The van der Waals surface area contributed by atoms with Gasteiger partial charge in [0, 0.05) is 18.7 Å². The average Bonchev–Trinajstić information content (AvgIpc) is 3.32. The lowest BCUT2D eigenvalue weighted by Gasteiger charge is -2.37. The Morgan fingerprint density at radius 2 is 1.97 bits per heavy atom. The van der Waals surface area contributed by atoms with Gasteiger partial charge in [-0.1, -0.05) is 49.4 Å². The minimum absolute atomic E-state index is 0.109. The Bertz CT molecular complexity index is 1110. The third kappa shape index (κ3) is 9.40. The number of rotatable bonds is 14. The Morgan fingerprint density at radius 3 is 2.68 bits per heavy atom. The highest BCUT2D eigenvalue weighted by Gasteiger charge is 2.39. The number of carbonyl (C=O) groups is 1. The largest absolute Gasteiger partial charge is 0.390 e. The minimum atomic E-state index is -4.45. The van der Waals surface area contributed by atoms with E-state index in [1.165, 1.54) is 5.56 Å². The molecule has 212 valence electrons. The van der Waals surface area contributed by atoms with Crippen molar-refractivity contribution in [2.75, 3.05) is 13.2 Å². The summed E-state index contributed by atoms with van der Waals surface area (Å²) >= 11 is 0. The summed E-state index contributed by atoms with van der Waals surface area (Å²) in [6.07, 6.45) is 1.60. The summed E-state index contributed by atoms with van der Waals surface area (Å²) in [7, 11) is -4.45. The number of amides is 1. The normalized spacial score (nSPS) is 22.9. The summed E-state index contributed by atoms with van der Waals surface area (Å²) in [6.45, 7) is 3.88. The van der Waals surface area contributed by atoms with Crippen LogP contribution in [0.1, 0.15) is 44.4 Å². The van der Waals surface area contributed by atoms with Crippen LogP contribution < -0.4 is 10.5 Å². The van der Waals surface area contributed by atoms with Gasteiger partial charge in [-0.15, -0.1) is 5.10 Å². The number of nitrogens with one attached hydrogen (secondary N) is 1. The van der Waals surface area contributed by atoms with Crippen LogP contribution >= 0.6 is 0 Å². The zero-order valence-corrected chi connectivity index (χ0v) is 22.7. The molecule has 1 aliphatic heterocycles. The van der Waals surface area contributed by atoms with Gasteiger partial charge in [0.15, 0.2) is 0 Å². The van der Waals surface area contributed by atoms with Gasteiger partial charge >= 0.3 is 10.3 Å². The van der Waals surface area contributed by atoms with Crippen molar-refractivity contribution in [3.8, 4) is 0 Å². The number of hydrogen-bond donors (Lipinski definition) is 4. The van der Waals surface area contributed by atoms with E-state index in [0.29, 0.717) is 25.8 Å². The van der Waals surface area contributed by atoms with Crippen LogP contribution in [-0.4, -0.2) is 77.1 Å². The van der Waals surface area contributed by atoms with Crippen LogP contribution in [0.3, 0.4) is 0 Å². The third-order valence-electron chi connectivity index (χ3n) is 6.47. The first-order chi connectivity index (χ1) is 18.0. The molecule has 0 saturated carbocycles. The highest BCUT2D eigenvalue weighted by Crippen LogP contribution is 2.25.